The van der Waals surface area contributed by atoms with Crippen molar-refractivity contribution in [2.45, 2.75) is 18.3 Å². The van der Waals surface area contributed by atoms with Gasteiger partial charge in [0.2, 0.25) is 5.88 Å². The zero-order chi connectivity index (χ0) is 21.7. The van der Waals surface area contributed by atoms with Crippen LogP contribution in [0, 0.1) is 0 Å². The average Bonchev–Trinajstić information content (AvgIpc) is 3.50. The Morgan fingerprint density at radius 3 is 2.75 bits per heavy atom. The molecule has 2 atom stereocenters. The maximum Gasteiger partial charge on any atom is 0.319 e. The third-order valence-corrected chi connectivity index (χ3v) is 6.08. The summed E-state index contributed by atoms with van der Waals surface area (Å²) >= 11 is 0. The van der Waals surface area contributed by atoms with Crippen LogP contribution in [0.25, 0.3) is 27.7 Å². The first-order valence-electron chi connectivity index (χ1n) is 10.4. The second-order valence-electron chi connectivity index (χ2n) is 7.85. The molecule has 1 fully saturated rings. The van der Waals surface area contributed by atoms with Gasteiger partial charge in [-0.1, -0.05) is 18.2 Å². The number of fused-ring (bicyclic) bond motifs is 2. The first-order valence-corrected chi connectivity index (χ1v) is 10.4. The van der Waals surface area contributed by atoms with E-state index in [1.165, 1.54) is 23.4 Å². The number of benzene rings is 1. The Morgan fingerprint density at radius 1 is 0.969 bits per heavy atom. The van der Waals surface area contributed by atoms with E-state index in [-0.39, 0.29) is 6.01 Å². The Hall–Kier alpha value is -4.07. The highest BCUT2D eigenvalue weighted by molar-refractivity contribution is 5.86. The molecule has 0 bridgehead atoms. The summed E-state index contributed by atoms with van der Waals surface area (Å²) in [6.45, 7) is 0. The fourth-order valence-corrected chi connectivity index (χ4v) is 4.47. The zero-order valence-electron chi connectivity index (χ0n) is 17.6. The Morgan fingerprint density at radius 2 is 1.88 bits per heavy atom. The largest absolute Gasteiger partial charge is 0.480 e. The second kappa shape index (κ2) is 7.26. The Bertz CT molecular complexity index is 1460. The van der Waals surface area contributed by atoms with Crippen molar-refractivity contribution in [2.75, 3.05) is 14.2 Å². The molecular weight excluding hydrogens is 404 g/mol. The van der Waals surface area contributed by atoms with Crippen LogP contribution in [0.3, 0.4) is 0 Å². The van der Waals surface area contributed by atoms with Gasteiger partial charge in [0.05, 0.1) is 25.5 Å². The molecule has 1 aliphatic rings. The molecule has 32 heavy (non-hydrogen) atoms. The van der Waals surface area contributed by atoms with Gasteiger partial charge < -0.3 is 9.47 Å². The number of nitrogens with zero attached hydrogens (tertiary/aromatic N) is 6. The highest BCUT2D eigenvalue weighted by Gasteiger charge is 2.42. The number of hydrogen-bond acceptors (Lipinski definition) is 7. The number of hydrogen-bond donors (Lipinski definition) is 0. The topological polar surface area (TPSA) is 87.3 Å². The minimum atomic E-state index is 0.251. The van der Waals surface area contributed by atoms with Gasteiger partial charge in [0.1, 0.15) is 0 Å². The lowest BCUT2D eigenvalue weighted by atomic mass is 9.99. The van der Waals surface area contributed by atoms with Crippen LogP contribution in [0.4, 0.5) is 0 Å². The van der Waals surface area contributed by atoms with E-state index in [2.05, 4.69) is 50.3 Å². The fraction of sp³-hybridized carbons (Fsp3) is 0.208. The van der Waals surface area contributed by atoms with Crippen molar-refractivity contribution < 1.29 is 9.47 Å². The molecule has 0 saturated heterocycles. The normalized spacial score (nSPS) is 17.6. The van der Waals surface area contributed by atoms with Crippen LogP contribution in [-0.2, 0) is 0 Å². The molecule has 0 amide bonds. The maximum atomic E-state index is 5.49. The van der Waals surface area contributed by atoms with Gasteiger partial charge in [-0.05, 0) is 41.3 Å². The standard InChI is InChI=1S/C24H20N6O2/c1-31-23-20(13-27-24(28-23)32-2)21-11-18(22-26-8-9-30(22)29-21)17-10-16(17)15-5-3-4-14-6-7-25-12-19(14)15/h3-9,11-13,16-17H,10H2,1-2H3/t16-,17+/m1/s1. The third kappa shape index (κ3) is 2.95. The van der Waals surface area contributed by atoms with E-state index >= 15 is 0 Å². The van der Waals surface area contributed by atoms with Gasteiger partial charge in [-0.2, -0.15) is 10.1 Å². The molecule has 1 aromatic carbocycles. The Kier molecular flexibility index (Phi) is 4.24. The molecule has 0 N–H and O–H groups in total. The van der Waals surface area contributed by atoms with E-state index < -0.39 is 0 Å². The third-order valence-electron chi connectivity index (χ3n) is 6.08. The van der Waals surface area contributed by atoms with Crippen LogP contribution in [0.1, 0.15) is 29.4 Å². The van der Waals surface area contributed by atoms with Crippen LogP contribution < -0.4 is 9.47 Å². The SMILES string of the molecule is COc1ncc(-c2cc([C@H]3C[C@@H]3c3cccc4ccncc34)c3nccn3n2)c(OC)n1. The zero-order valence-corrected chi connectivity index (χ0v) is 17.6. The molecular formula is C24H20N6O2. The number of rotatable bonds is 5. The van der Waals surface area contributed by atoms with Gasteiger partial charge in [-0.25, -0.2) is 14.5 Å². The van der Waals surface area contributed by atoms with Crippen LogP contribution in [0.2, 0.25) is 0 Å². The number of pyridine rings is 1. The molecule has 6 rings (SSSR count). The van der Waals surface area contributed by atoms with Gasteiger partial charge >= 0.3 is 6.01 Å². The predicted octanol–water partition coefficient (Wildman–Crippen LogP) is 4.02. The molecule has 4 aromatic heterocycles. The molecule has 4 heterocycles. The number of imidazole rings is 1. The van der Waals surface area contributed by atoms with E-state index in [0.29, 0.717) is 23.3 Å². The van der Waals surface area contributed by atoms with Gasteiger partial charge in [0.15, 0.2) is 5.65 Å². The van der Waals surface area contributed by atoms with Crippen LogP contribution in [0.5, 0.6) is 11.9 Å². The van der Waals surface area contributed by atoms with Crippen molar-refractivity contribution in [1.29, 1.82) is 0 Å². The van der Waals surface area contributed by atoms with Crippen LogP contribution in [-0.4, -0.2) is 43.8 Å². The van der Waals surface area contributed by atoms with Crippen LogP contribution >= 0.6 is 0 Å². The van der Waals surface area contributed by atoms with Crippen molar-refractivity contribution >= 4 is 16.4 Å². The van der Waals surface area contributed by atoms with Gasteiger partial charge in [-0.3, -0.25) is 4.98 Å². The number of methoxy groups -OCH3 is 2. The van der Waals surface area contributed by atoms with Crippen molar-refractivity contribution in [1.82, 2.24) is 29.5 Å². The molecule has 0 spiro atoms. The van der Waals surface area contributed by atoms with E-state index in [1.54, 1.807) is 19.5 Å². The molecule has 5 aromatic rings. The fourth-order valence-electron chi connectivity index (χ4n) is 4.47. The molecule has 8 nitrogen and oxygen atoms in total. The number of aromatic nitrogens is 6. The van der Waals surface area contributed by atoms with Gasteiger partial charge in [0, 0.05) is 41.9 Å². The Labute approximate surface area is 183 Å². The van der Waals surface area contributed by atoms with E-state index in [4.69, 9.17) is 14.6 Å². The molecule has 0 radical (unpaired) electrons. The quantitative estimate of drug-likeness (QED) is 0.421. The molecule has 1 saturated carbocycles. The summed E-state index contributed by atoms with van der Waals surface area (Å²) in [6, 6.07) is 10.9. The van der Waals surface area contributed by atoms with E-state index in [9.17, 15) is 0 Å². The smallest absolute Gasteiger partial charge is 0.319 e. The van der Waals surface area contributed by atoms with Crippen LogP contribution in [0.15, 0.2) is 61.3 Å². The highest BCUT2D eigenvalue weighted by atomic mass is 16.5. The second-order valence-corrected chi connectivity index (χ2v) is 7.85. The summed E-state index contributed by atoms with van der Waals surface area (Å²) < 4.78 is 12.4. The highest BCUT2D eigenvalue weighted by Crippen LogP contribution is 2.57. The summed E-state index contributed by atoms with van der Waals surface area (Å²) in [5.74, 6) is 1.17. The predicted molar refractivity (Wildman–Crippen MR) is 119 cm³/mol. The van der Waals surface area contributed by atoms with Crippen molar-refractivity contribution in [3.63, 3.8) is 0 Å². The summed E-state index contributed by atoms with van der Waals surface area (Å²) in [4.78, 5) is 17.5. The van der Waals surface area contributed by atoms with Gasteiger partial charge in [-0.15, -0.1) is 0 Å². The summed E-state index contributed by atoms with van der Waals surface area (Å²) in [6.07, 6.45) is 10.2. The number of ether oxygens (including phenoxy) is 2. The van der Waals surface area contributed by atoms with Crippen molar-refractivity contribution in [3.8, 4) is 23.1 Å². The molecule has 8 heteroatoms. The summed E-state index contributed by atoms with van der Waals surface area (Å²) in [5.41, 5.74) is 4.79. The Balaban J connectivity index is 1.45. The first kappa shape index (κ1) is 18.7. The lowest BCUT2D eigenvalue weighted by molar-refractivity contribution is 0.353. The maximum absolute atomic E-state index is 5.49. The monoisotopic (exact) mass is 424 g/mol. The molecule has 158 valence electrons. The summed E-state index contributed by atoms with van der Waals surface area (Å²) in [5, 5.41) is 7.15. The molecule has 1 aliphatic carbocycles. The van der Waals surface area contributed by atoms with E-state index in [0.717, 1.165) is 23.3 Å². The molecule has 0 unspecified atom stereocenters. The first-order chi connectivity index (χ1) is 15.8. The molecule has 0 aliphatic heterocycles. The van der Waals surface area contributed by atoms with Crippen molar-refractivity contribution in [3.05, 3.63) is 72.4 Å². The average molecular weight is 424 g/mol. The lowest BCUT2D eigenvalue weighted by Gasteiger charge is -2.11. The van der Waals surface area contributed by atoms with Crippen molar-refractivity contribution in [2.24, 2.45) is 0 Å². The lowest BCUT2D eigenvalue weighted by Crippen LogP contribution is -2.02. The van der Waals surface area contributed by atoms with E-state index in [1.807, 2.05) is 23.1 Å². The minimum absolute atomic E-state index is 0.251. The van der Waals surface area contributed by atoms with Gasteiger partial charge in [0.25, 0.3) is 0 Å². The summed E-state index contributed by atoms with van der Waals surface area (Å²) in [7, 11) is 3.10. The minimum Gasteiger partial charge on any atom is -0.480 e.